The van der Waals surface area contributed by atoms with Gasteiger partial charge in [-0.2, -0.15) is 13.2 Å². The van der Waals surface area contributed by atoms with Crippen molar-refractivity contribution in [3.05, 3.63) is 77.9 Å². The summed E-state index contributed by atoms with van der Waals surface area (Å²) in [6.07, 6.45) is 0. The molecule has 192 valence electrons. The molecule has 0 unspecified atom stereocenters. The van der Waals surface area contributed by atoms with Gasteiger partial charge in [0.1, 0.15) is 0 Å². The molecule has 3 aromatic rings. The molecule has 0 atom stereocenters. The molecule has 0 saturated heterocycles. The number of aryl methyl sites for hydroxylation is 1. The number of carbonyl (C=O) groups excluding carboxylic acids is 1. The lowest BCUT2D eigenvalue weighted by Crippen LogP contribution is -2.23. The number of halogens is 3. The molecule has 0 spiro atoms. The van der Waals surface area contributed by atoms with Crippen LogP contribution in [0.25, 0.3) is 0 Å². The minimum atomic E-state index is -5.66. The maximum atomic E-state index is 13.0. The molecule has 3 rings (SSSR count). The monoisotopic (exact) mass is 541 g/mol. The van der Waals surface area contributed by atoms with Gasteiger partial charge in [0.15, 0.2) is 0 Å². The number of anilines is 3. The number of nitrogens with one attached hydrogen (secondary N) is 3. The number of sulfonamides is 1. The summed E-state index contributed by atoms with van der Waals surface area (Å²) in [6, 6.07) is 14.2. The molecule has 0 aromatic heterocycles. The molecule has 0 aliphatic rings. The number of rotatable bonds is 8. The Hall–Kier alpha value is -3.58. The number of benzene rings is 3. The van der Waals surface area contributed by atoms with Gasteiger partial charge < -0.3 is 10.6 Å². The van der Waals surface area contributed by atoms with Gasteiger partial charge in [-0.25, -0.2) is 16.8 Å². The minimum absolute atomic E-state index is 0.117. The molecule has 8 nitrogen and oxygen atoms in total. The fraction of sp³-hybridized carbons (Fsp3) is 0.174. The molecule has 0 bridgehead atoms. The lowest BCUT2D eigenvalue weighted by atomic mass is 10.2. The highest BCUT2D eigenvalue weighted by Crippen LogP contribution is 2.34. The summed E-state index contributed by atoms with van der Waals surface area (Å²) in [5, 5.41) is 5.18. The number of hydrogen-bond acceptors (Lipinski definition) is 6. The molecule has 0 aliphatic heterocycles. The van der Waals surface area contributed by atoms with Gasteiger partial charge in [0.05, 0.1) is 21.2 Å². The smallest absolute Gasteiger partial charge is 0.384 e. The Labute approximate surface area is 206 Å². The second-order valence-corrected chi connectivity index (χ2v) is 11.3. The van der Waals surface area contributed by atoms with Crippen LogP contribution in [-0.2, 0) is 19.9 Å². The van der Waals surface area contributed by atoms with E-state index in [1.807, 2.05) is 6.92 Å². The third-order valence-corrected chi connectivity index (χ3v) is 7.79. The Bertz CT molecular complexity index is 1490. The van der Waals surface area contributed by atoms with E-state index >= 15 is 0 Å². The van der Waals surface area contributed by atoms with E-state index in [-0.39, 0.29) is 21.8 Å². The zero-order valence-corrected chi connectivity index (χ0v) is 20.7. The van der Waals surface area contributed by atoms with Crippen LogP contribution in [0.1, 0.15) is 22.8 Å². The predicted molar refractivity (Wildman–Crippen MR) is 130 cm³/mol. The van der Waals surface area contributed by atoms with Crippen molar-refractivity contribution >= 4 is 42.8 Å². The highest BCUT2D eigenvalue weighted by atomic mass is 32.2. The van der Waals surface area contributed by atoms with E-state index in [1.165, 1.54) is 18.2 Å². The first kappa shape index (κ1) is 27.0. The van der Waals surface area contributed by atoms with E-state index in [0.717, 1.165) is 23.8 Å². The quantitative estimate of drug-likeness (QED) is 0.378. The predicted octanol–water partition coefficient (Wildman–Crippen LogP) is 4.77. The molecule has 3 aromatic carbocycles. The van der Waals surface area contributed by atoms with Crippen LogP contribution >= 0.6 is 0 Å². The van der Waals surface area contributed by atoms with Gasteiger partial charge >= 0.3 is 5.51 Å². The van der Waals surface area contributed by atoms with Crippen molar-refractivity contribution in [1.29, 1.82) is 0 Å². The second kappa shape index (κ2) is 10.2. The van der Waals surface area contributed by atoms with Gasteiger partial charge in [0, 0.05) is 17.8 Å². The molecule has 1 amide bonds. The van der Waals surface area contributed by atoms with Gasteiger partial charge in [0.2, 0.25) is 0 Å². The van der Waals surface area contributed by atoms with Gasteiger partial charge in [-0.1, -0.05) is 23.8 Å². The highest BCUT2D eigenvalue weighted by Gasteiger charge is 2.47. The summed E-state index contributed by atoms with van der Waals surface area (Å²) in [5.74, 6) is -0.858. The van der Waals surface area contributed by atoms with Crippen LogP contribution in [-0.4, -0.2) is 34.8 Å². The van der Waals surface area contributed by atoms with Gasteiger partial charge in [-0.05, 0) is 62.4 Å². The number of alkyl halides is 3. The Balaban J connectivity index is 1.92. The Morgan fingerprint density at radius 3 is 2.14 bits per heavy atom. The Morgan fingerprint density at radius 1 is 0.861 bits per heavy atom. The number of carbonyl (C=O) groups is 1. The maximum Gasteiger partial charge on any atom is 0.501 e. The summed E-state index contributed by atoms with van der Waals surface area (Å²) in [6.45, 7) is 3.87. The largest absolute Gasteiger partial charge is 0.501 e. The van der Waals surface area contributed by atoms with Gasteiger partial charge in [-0.15, -0.1) is 0 Å². The Kier molecular flexibility index (Phi) is 7.65. The summed E-state index contributed by atoms with van der Waals surface area (Å²) in [7, 11) is -9.72. The van der Waals surface area contributed by atoms with Crippen molar-refractivity contribution in [3.63, 3.8) is 0 Å². The van der Waals surface area contributed by atoms with E-state index < -0.39 is 36.2 Å². The summed E-state index contributed by atoms with van der Waals surface area (Å²) < 4.78 is 90.6. The van der Waals surface area contributed by atoms with Crippen molar-refractivity contribution < 1.29 is 34.8 Å². The fourth-order valence-corrected chi connectivity index (χ4v) is 5.00. The average molecular weight is 542 g/mol. The number of amides is 1. The molecule has 0 aliphatic carbocycles. The summed E-state index contributed by atoms with van der Waals surface area (Å²) >= 11 is 0. The molecule has 3 N–H and O–H groups in total. The van der Waals surface area contributed by atoms with E-state index in [0.29, 0.717) is 18.3 Å². The average Bonchev–Trinajstić information content (AvgIpc) is 2.81. The van der Waals surface area contributed by atoms with Crippen LogP contribution in [0, 0.1) is 6.92 Å². The van der Waals surface area contributed by atoms with Crippen molar-refractivity contribution in [2.75, 3.05) is 21.9 Å². The number of sulfone groups is 1. The van der Waals surface area contributed by atoms with Crippen molar-refractivity contribution in [2.45, 2.75) is 29.1 Å². The normalized spacial score (nSPS) is 12.1. The molecule has 13 heteroatoms. The van der Waals surface area contributed by atoms with E-state index in [4.69, 9.17) is 0 Å². The first-order valence-corrected chi connectivity index (χ1v) is 13.4. The second-order valence-electron chi connectivity index (χ2n) is 7.64. The molecule has 36 heavy (non-hydrogen) atoms. The molecule has 0 saturated carbocycles. The van der Waals surface area contributed by atoms with Crippen molar-refractivity contribution in [1.82, 2.24) is 0 Å². The zero-order valence-electron chi connectivity index (χ0n) is 19.0. The zero-order chi connectivity index (χ0) is 26.7. The van der Waals surface area contributed by atoms with Gasteiger partial charge in [0.25, 0.3) is 25.8 Å². The number of hydrogen-bond donors (Lipinski definition) is 3. The van der Waals surface area contributed by atoms with Crippen LogP contribution in [0.3, 0.4) is 0 Å². The van der Waals surface area contributed by atoms with Crippen LogP contribution in [0.15, 0.2) is 76.5 Å². The lowest BCUT2D eigenvalue weighted by Gasteiger charge is -2.15. The Morgan fingerprint density at radius 2 is 1.53 bits per heavy atom. The third kappa shape index (κ3) is 5.97. The first-order valence-electron chi connectivity index (χ1n) is 10.4. The molecule has 0 fully saturated rings. The molecular formula is C23H22F3N3O5S2. The fourth-order valence-electron chi connectivity index (χ4n) is 3.11. The molecule has 0 radical (unpaired) electrons. The topological polar surface area (TPSA) is 121 Å². The van der Waals surface area contributed by atoms with E-state index in [9.17, 15) is 34.8 Å². The van der Waals surface area contributed by atoms with Gasteiger partial charge in [-0.3, -0.25) is 9.52 Å². The van der Waals surface area contributed by atoms with Crippen LogP contribution < -0.4 is 15.4 Å². The third-order valence-electron chi connectivity index (χ3n) is 4.93. The molecular weight excluding hydrogens is 519 g/mol. The standard InChI is InChI=1S/C23H22F3N3O5S2/c1-3-27-20-12-11-18(35(31,32)23(24,25)26)14-21(20)28-22(30)16-5-4-6-19(13-16)36(33,34)29-17-9-7-15(2)8-10-17/h4-14,27,29H,3H2,1-2H3,(H,28,30). The van der Waals surface area contributed by atoms with Crippen molar-refractivity contribution in [3.8, 4) is 0 Å². The maximum absolute atomic E-state index is 13.0. The molecule has 0 heterocycles. The van der Waals surface area contributed by atoms with Crippen LogP contribution in [0.5, 0.6) is 0 Å². The summed E-state index contributed by atoms with van der Waals surface area (Å²) in [5.41, 5.74) is -4.45. The van der Waals surface area contributed by atoms with Crippen molar-refractivity contribution in [2.24, 2.45) is 0 Å². The SMILES string of the molecule is CCNc1ccc(S(=O)(=O)C(F)(F)F)cc1NC(=O)c1cccc(S(=O)(=O)Nc2ccc(C)cc2)c1. The van der Waals surface area contributed by atoms with E-state index in [1.54, 1.807) is 31.2 Å². The van der Waals surface area contributed by atoms with E-state index in [2.05, 4.69) is 15.4 Å². The highest BCUT2D eigenvalue weighted by molar-refractivity contribution is 7.92. The minimum Gasteiger partial charge on any atom is -0.384 e. The van der Waals surface area contributed by atoms with Crippen LogP contribution in [0.4, 0.5) is 30.2 Å². The first-order chi connectivity index (χ1) is 16.7. The lowest BCUT2D eigenvalue weighted by molar-refractivity contribution is -0.0436. The van der Waals surface area contributed by atoms with Crippen LogP contribution in [0.2, 0.25) is 0 Å². The summed E-state index contributed by atoms with van der Waals surface area (Å²) in [4.78, 5) is 11.6.